The number of ether oxygens (including phenoxy) is 1. The monoisotopic (exact) mass is 211 g/mol. The Morgan fingerprint density at radius 3 is 3.00 bits per heavy atom. The summed E-state index contributed by atoms with van der Waals surface area (Å²) in [6.45, 7) is 4.63. The number of methoxy groups -OCH3 is 1. The Kier molecular flexibility index (Phi) is 5.00. The van der Waals surface area contributed by atoms with Crippen molar-refractivity contribution >= 4 is 0 Å². The Morgan fingerprint density at radius 1 is 1.53 bits per heavy atom. The summed E-state index contributed by atoms with van der Waals surface area (Å²) in [5, 5.41) is 7.18. The molecule has 0 saturated heterocycles. The van der Waals surface area contributed by atoms with E-state index in [4.69, 9.17) is 4.74 Å². The van der Waals surface area contributed by atoms with Crippen LogP contribution in [0.5, 0.6) is 0 Å². The fourth-order valence-electron chi connectivity index (χ4n) is 1.18. The molecule has 5 nitrogen and oxygen atoms in total. The van der Waals surface area contributed by atoms with Crippen molar-refractivity contribution in [3.8, 4) is 0 Å². The summed E-state index contributed by atoms with van der Waals surface area (Å²) >= 11 is 0. The van der Waals surface area contributed by atoms with Crippen LogP contribution < -0.4 is 10.9 Å². The maximum atomic E-state index is 11.4. The van der Waals surface area contributed by atoms with Crippen molar-refractivity contribution in [2.24, 2.45) is 0 Å². The molecular formula is C10H17N3O2. The lowest BCUT2D eigenvalue weighted by atomic mass is 10.3. The van der Waals surface area contributed by atoms with Crippen LogP contribution in [0.1, 0.15) is 5.56 Å². The van der Waals surface area contributed by atoms with Gasteiger partial charge in [0, 0.05) is 26.3 Å². The molecule has 0 radical (unpaired) electrons. The van der Waals surface area contributed by atoms with E-state index < -0.39 is 0 Å². The van der Waals surface area contributed by atoms with Gasteiger partial charge in [0.1, 0.15) is 0 Å². The van der Waals surface area contributed by atoms with Gasteiger partial charge in [-0.2, -0.15) is 5.10 Å². The highest BCUT2D eigenvalue weighted by Gasteiger charge is 1.96. The number of nitrogens with zero attached hydrogens (tertiary/aromatic N) is 2. The van der Waals surface area contributed by atoms with Crippen LogP contribution in [-0.2, 0) is 11.3 Å². The third-order valence-electron chi connectivity index (χ3n) is 1.99. The number of aromatic nitrogens is 2. The molecule has 0 aliphatic carbocycles. The summed E-state index contributed by atoms with van der Waals surface area (Å²) in [5.41, 5.74) is 0.840. The van der Waals surface area contributed by atoms with E-state index in [1.807, 2.05) is 6.92 Å². The molecule has 5 heteroatoms. The fourth-order valence-corrected chi connectivity index (χ4v) is 1.18. The van der Waals surface area contributed by atoms with Crippen molar-refractivity contribution in [1.29, 1.82) is 0 Å². The van der Waals surface area contributed by atoms with Crippen LogP contribution in [0.2, 0.25) is 0 Å². The minimum atomic E-state index is -0.0523. The number of hydrogen-bond donors (Lipinski definition) is 1. The molecule has 15 heavy (non-hydrogen) atoms. The second-order valence-corrected chi connectivity index (χ2v) is 3.34. The summed E-state index contributed by atoms with van der Waals surface area (Å²) in [6, 6.07) is 1.59. The molecule has 0 amide bonds. The van der Waals surface area contributed by atoms with E-state index >= 15 is 0 Å². The van der Waals surface area contributed by atoms with Gasteiger partial charge in [0.2, 0.25) is 0 Å². The molecule has 1 heterocycles. The van der Waals surface area contributed by atoms with Crippen molar-refractivity contribution in [1.82, 2.24) is 15.1 Å². The standard InChI is InChI=1S/C10H17N3O2/c1-9-7-10(14)13(12-8-9)5-3-11-4-6-15-2/h7-8,11H,3-6H2,1-2H3. The second kappa shape index (κ2) is 6.31. The van der Waals surface area contributed by atoms with Crippen LogP contribution in [0.15, 0.2) is 17.1 Å². The molecule has 0 spiro atoms. The Labute approximate surface area is 89.1 Å². The fraction of sp³-hybridized carbons (Fsp3) is 0.600. The van der Waals surface area contributed by atoms with Crippen molar-refractivity contribution < 1.29 is 4.74 Å². The van der Waals surface area contributed by atoms with Gasteiger partial charge in [-0.1, -0.05) is 0 Å². The summed E-state index contributed by atoms with van der Waals surface area (Å²) in [7, 11) is 1.66. The molecule has 0 aromatic carbocycles. The van der Waals surface area contributed by atoms with E-state index in [0.717, 1.165) is 18.7 Å². The molecule has 0 aliphatic heterocycles. The Morgan fingerprint density at radius 2 is 2.33 bits per heavy atom. The van der Waals surface area contributed by atoms with Gasteiger partial charge in [-0.15, -0.1) is 0 Å². The molecule has 1 rings (SSSR count). The maximum Gasteiger partial charge on any atom is 0.267 e. The molecule has 0 saturated carbocycles. The van der Waals surface area contributed by atoms with E-state index in [1.165, 1.54) is 4.68 Å². The van der Waals surface area contributed by atoms with Gasteiger partial charge in [-0.05, 0) is 12.5 Å². The number of hydrogen-bond acceptors (Lipinski definition) is 4. The molecule has 0 unspecified atom stereocenters. The van der Waals surface area contributed by atoms with Crippen molar-refractivity contribution in [2.75, 3.05) is 26.8 Å². The topological polar surface area (TPSA) is 56.1 Å². The van der Waals surface area contributed by atoms with Crippen LogP contribution in [0.3, 0.4) is 0 Å². The third kappa shape index (κ3) is 4.22. The maximum absolute atomic E-state index is 11.4. The first kappa shape index (κ1) is 11.9. The predicted octanol–water partition coefficient (Wildman–Crippen LogP) is -0.212. The smallest absolute Gasteiger partial charge is 0.267 e. The molecule has 84 valence electrons. The lowest BCUT2D eigenvalue weighted by Crippen LogP contribution is -2.30. The minimum Gasteiger partial charge on any atom is -0.383 e. The molecule has 1 aromatic rings. The van der Waals surface area contributed by atoms with E-state index in [-0.39, 0.29) is 5.56 Å². The SMILES string of the molecule is COCCNCCn1ncc(C)cc1=O. The van der Waals surface area contributed by atoms with Crippen molar-refractivity contribution in [3.05, 3.63) is 28.2 Å². The normalized spacial score (nSPS) is 10.5. The highest BCUT2D eigenvalue weighted by molar-refractivity contribution is 5.02. The van der Waals surface area contributed by atoms with Crippen LogP contribution >= 0.6 is 0 Å². The minimum absolute atomic E-state index is 0.0523. The van der Waals surface area contributed by atoms with Crippen LogP contribution in [0, 0.1) is 6.92 Å². The Balaban J connectivity index is 2.34. The molecule has 0 atom stereocenters. The van der Waals surface area contributed by atoms with E-state index in [0.29, 0.717) is 13.2 Å². The Bertz CT molecular complexity index is 349. The van der Waals surface area contributed by atoms with Gasteiger partial charge in [-0.3, -0.25) is 4.79 Å². The first-order chi connectivity index (χ1) is 7.24. The predicted molar refractivity (Wildman–Crippen MR) is 58.0 cm³/mol. The van der Waals surface area contributed by atoms with Gasteiger partial charge in [-0.25, -0.2) is 4.68 Å². The highest BCUT2D eigenvalue weighted by atomic mass is 16.5. The summed E-state index contributed by atoms with van der Waals surface area (Å²) < 4.78 is 6.34. The lowest BCUT2D eigenvalue weighted by molar-refractivity contribution is 0.199. The molecule has 0 fully saturated rings. The first-order valence-corrected chi connectivity index (χ1v) is 4.97. The average molecular weight is 211 g/mol. The number of aryl methyl sites for hydroxylation is 1. The second-order valence-electron chi connectivity index (χ2n) is 3.34. The summed E-state index contributed by atoms with van der Waals surface area (Å²) in [5.74, 6) is 0. The molecular weight excluding hydrogens is 194 g/mol. The average Bonchev–Trinajstić information content (AvgIpc) is 2.20. The van der Waals surface area contributed by atoms with E-state index in [2.05, 4.69) is 10.4 Å². The zero-order valence-electron chi connectivity index (χ0n) is 9.19. The molecule has 1 N–H and O–H groups in total. The van der Waals surface area contributed by atoms with E-state index in [9.17, 15) is 4.79 Å². The Hall–Kier alpha value is -1.20. The molecule has 0 bridgehead atoms. The highest BCUT2D eigenvalue weighted by Crippen LogP contribution is 1.85. The van der Waals surface area contributed by atoms with Crippen LogP contribution in [-0.4, -0.2) is 36.6 Å². The van der Waals surface area contributed by atoms with Gasteiger partial charge in [0.15, 0.2) is 0 Å². The largest absolute Gasteiger partial charge is 0.383 e. The van der Waals surface area contributed by atoms with Crippen molar-refractivity contribution in [2.45, 2.75) is 13.5 Å². The zero-order valence-corrected chi connectivity index (χ0v) is 9.19. The van der Waals surface area contributed by atoms with E-state index in [1.54, 1.807) is 19.4 Å². The first-order valence-electron chi connectivity index (χ1n) is 4.97. The van der Waals surface area contributed by atoms with Crippen LogP contribution in [0.25, 0.3) is 0 Å². The van der Waals surface area contributed by atoms with Gasteiger partial charge >= 0.3 is 0 Å². The molecule has 1 aromatic heterocycles. The quantitative estimate of drug-likeness (QED) is 0.661. The van der Waals surface area contributed by atoms with Gasteiger partial charge in [0.25, 0.3) is 5.56 Å². The number of rotatable bonds is 6. The summed E-state index contributed by atoms with van der Waals surface area (Å²) in [6.07, 6.45) is 1.69. The third-order valence-corrected chi connectivity index (χ3v) is 1.99. The number of nitrogens with one attached hydrogen (secondary N) is 1. The van der Waals surface area contributed by atoms with Crippen molar-refractivity contribution in [3.63, 3.8) is 0 Å². The summed E-state index contributed by atoms with van der Waals surface area (Å²) in [4.78, 5) is 11.4. The van der Waals surface area contributed by atoms with Gasteiger partial charge < -0.3 is 10.1 Å². The van der Waals surface area contributed by atoms with Crippen LogP contribution in [0.4, 0.5) is 0 Å². The zero-order chi connectivity index (χ0) is 11.1. The molecule has 0 aliphatic rings. The van der Waals surface area contributed by atoms with Gasteiger partial charge in [0.05, 0.1) is 19.3 Å². The lowest BCUT2D eigenvalue weighted by Gasteiger charge is -2.05.